The summed E-state index contributed by atoms with van der Waals surface area (Å²) < 4.78 is 34.1. The second-order valence-electron chi connectivity index (χ2n) is 1.43. The van der Waals surface area contributed by atoms with Crippen LogP contribution >= 0.6 is 0 Å². The van der Waals surface area contributed by atoms with Crippen LogP contribution in [0.2, 0.25) is 0 Å². The fourth-order valence-corrected chi connectivity index (χ4v) is 0.0577. The van der Waals surface area contributed by atoms with Crippen LogP contribution in [0.4, 0.5) is 0 Å². The van der Waals surface area contributed by atoms with E-state index in [0.29, 0.717) is 0 Å². The van der Waals surface area contributed by atoms with Crippen molar-refractivity contribution >= 4 is 10.4 Å². The molecule has 0 rings (SSSR count). The number of aliphatic hydroxyl groups excluding tert-OH is 3. The molecule has 0 saturated carbocycles. The molecule has 70 valence electrons. The van der Waals surface area contributed by atoms with Crippen molar-refractivity contribution < 1.29 is 92.0 Å². The van der Waals surface area contributed by atoms with Gasteiger partial charge in [-0.3, -0.25) is 8.42 Å². The molecule has 0 aliphatic carbocycles. The monoisotopic (exact) mass is 234 g/mol. The van der Waals surface area contributed by atoms with Gasteiger partial charge in [-0.05, 0) is 0 Å². The molecule has 0 aromatic rings. The minimum absolute atomic E-state index is 0. The second-order valence-corrected chi connectivity index (χ2v) is 2.24. The van der Waals surface area contributed by atoms with E-state index < -0.39 is 16.5 Å². The zero-order valence-electron chi connectivity index (χ0n) is 7.37. The Kier molecular flexibility index (Phi) is 25.5. The van der Waals surface area contributed by atoms with Crippen molar-refractivity contribution in [1.29, 1.82) is 0 Å². The molecule has 0 heterocycles. The Balaban J connectivity index is -0.0000000546. The van der Waals surface area contributed by atoms with Crippen LogP contribution in [0.25, 0.3) is 0 Å². The molecule has 0 aliphatic rings. The molecule has 0 aromatic heterocycles. The molecule has 0 radical (unpaired) electrons. The van der Waals surface area contributed by atoms with Crippen LogP contribution in [0.15, 0.2) is 0 Å². The van der Waals surface area contributed by atoms with E-state index >= 15 is 0 Å². The van der Waals surface area contributed by atoms with Gasteiger partial charge in [0.1, 0.15) is 6.10 Å². The zero-order valence-corrected chi connectivity index (χ0v) is 12.2. The normalized spacial score (nSPS) is 9.08. The average Bonchev–Trinajstić information content (AvgIpc) is 1.83. The average molecular weight is 234 g/mol. The minimum Gasteiger partial charge on any atom is -0.759 e. The minimum atomic E-state index is -5.17. The Labute approximate surface area is 120 Å². The summed E-state index contributed by atoms with van der Waals surface area (Å²) in [5.74, 6) is 0. The van der Waals surface area contributed by atoms with Crippen molar-refractivity contribution in [2.45, 2.75) is 6.10 Å². The molecule has 10 heteroatoms. The van der Waals surface area contributed by atoms with Gasteiger partial charge >= 0.3 is 59.1 Å². The van der Waals surface area contributed by atoms with Crippen LogP contribution in [0.3, 0.4) is 0 Å². The van der Waals surface area contributed by atoms with Crippen molar-refractivity contribution in [3.63, 3.8) is 0 Å². The van der Waals surface area contributed by atoms with E-state index in [2.05, 4.69) is 0 Å². The maximum atomic E-state index is 8.52. The maximum Gasteiger partial charge on any atom is 1.00 e. The van der Waals surface area contributed by atoms with E-state index in [4.69, 9.17) is 32.8 Å². The largest absolute Gasteiger partial charge is 1.00 e. The molecule has 0 spiro atoms. The van der Waals surface area contributed by atoms with Crippen molar-refractivity contribution in [2.75, 3.05) is 13.2 Å². The van der Waals surface area contributed by atoms with Crippen LogP contribution < -0.4 is 59.1 Å². The van der Waals surface area contributed by atoms with Crippen LogP contribution in [0.1, 0.15) is 0 Å². The zero-order chi connectivity index (χ0) is 9.49. The first-order valence-electron chi connectivity index (χ1n) is 2.37. The Morgan fingerprint density at radius 2 is 1.23 bits per heavy atom. The number of aliphatic hydroxyl groups is 3. The van der Waals surface area contributed by atoms with E-state index in [1.54, 1.807) is 0 Å². The summed E-state index contributed by atoms with van der Waals surface area (Å²) in [6.45, 7) is -0.729. The quantitative estimate of drug-likeness (QED) is 0.244. The molecule has 0 atom stereocenters. The van der Waals surface area contributed by atoms with Gasteiger partial charge in [0.05, 0.1) is 13.2 Å². The Hall–Kier alpha value is 1.75. The molecule has 7 nitrogen and oxygen atoms in total. The van der Waals surface area contributed by atoms with Gasteiger partial charge in [0.25, 0.3) is 0 Å². The molecule has 0 bridgehead atoms. The van der Waals surface area contributed by atoms with Crippen LogP contribution in [0, 0.1) is 0 Å². The van der Waals surface area contributed by atoms with Crippen molar-refractivity contribution in [3.8, 4) is 0 Å². The topological polar surface area (TPSA) is 141 Å². The molecule has 0 unspecified atom stereocenters. The van der Waals surface area contributed by atoms with Gasteiger partial charge in [-0.1, -0.05) is 0 Å². The third kappa shape index (κ3) is 57.4. The maximum absolute atomic E-state index is 8.52. The molecular formula is C3H8Na2O7S. The summed E-state index contributed by atoms with van der Waals surface area (Å²) in [5, 5.41) is 24.0. The third-order valence-corrected chi connectivity index (χ3v) is 0.421. The van der Waals surface area contributed by atoms with Crippen molar-refractivity contribution in [2.24, 2.45) is 0 Å². The first-order valence-corrected chi connectivity index (χ1v) is 3.71. The van der Waals surface area contributed by atoms with Crippen LogP contribution in [0.5, 0.6) is 0 Å². The summed E-state index contributed by atoms with van der Waals surface area (Å²) >= 11 is 0. The molecule has 0 aromatic carbocycles. The Bertz CT molecular complexity index is 157. The van der Waals surface area contributed by atoms with E-state index in [1.807, 2.05) is 0 Å². The summed E-state index contributed by atoms with van der Waals surface area (Å²) in [7, 11) is -5.17. The van der Waals surface area contributed by atoms with Gasteiger partial charge in [-0.25, -0.2) is 0 Å². The molecule has 0 saturated heterocycles. The van der Waals surface area contributed by atoms with Gasteiger partial charge in [0.2, 0.25) is 0 Å². The van der Waals surface area contributed by atoms with E-state index in [-0.39, 0.29) is 72.3 Å². The van der Waals surface area contributed by atoms with Crippen LogP contribution in [-0.2, 0) is 10.4 Å². The number of hydrogen-bond donors (Lipinski definition) is 3. The standard InChI is InChI=1S/C3H8O3.2Na.H2O4S/c4-1-3(6)2-5;;;1-5(2,3)4/h3-6H,1-2H2;;;(H2,1,2,3,4)/q;2*+1;/p-2. The summed E-state index contributed by atoms with van der Waals surface area (Å²) in [5.41, 5.74) is 0. The molecule has 3 N–H and O–H groups in total. The third-order valence-electron chi connectivity index (χ3n) is 0.421. The fourth-order valence-electron chi connectivity index (χ4n) is 0.0577. The summed E-state index contributed by atoms with van der Waals surface area (Å²) in [6, 6.07) is 0. The van der Waals surface area contributed by atoms with Crippen LogP contribution in [-0.4, -0.2) is 52.2 Å². The first kappa shape index (κ1) is 24.1. The number of rotatable bonds is 2. The van der Waals surface area contributed by atoms with Gasteiger partial charge in [-0.15, -0.1) is 0 Å². The second kappa shape index (κ2) is 13.8. The predicted octanol–water partition coefficient (Wildman–Crippen LogP) is -9.00. The van der Waals surface area contributed by atoms with Gasteiger partial charge in [0.15, 0.2) is 0 Å². The van der Waals surface area contributed by atoms with E-state index in [1.165, 1.54) is 0 Å². The van der Waals surface area contributed by atoms with Gasteiger partial charge in [0, 0.05) is 10.4 Å². The Morgan fingerprint density at radius 3 is 1.23 bits per heavy atom. The van der Waals surface area contributed by atoms with Crippen molar-refractivity contribution in [1.82, 2.24) is 0 Å². The fraction of sp³-hybridized carbons (Fsp3) is 1.00. The summed E-state index contributed by atoms with van der Waals surface area (Å²) in [6.07, 6.45) is -0.954. The predicted molar refractivity (Wildman–Crippen MR) is 30.7 cm³/mol. The van der Waals surface area contributed by atoms with E-state index in [9.17, 15) is 0 Å². The van der Waals surface area contributed by atoms with Crippen molar-refractivity contribution in [3.05, 3.63) is 0 Å². The van der Waals surface area contributed by atoms with Gasteiger partial charge < -0.3 is 24.4 Å². The molecule has 0 amide bonds. The molecular weight excluding hydrogens is 226 g/mol. The van der Waals surface area contributed by atoms with E-state index in [0.717, 1.165) is 0 Å². The smallest absolute Gasteiger partial charge is 0.759 e. The molecule has 0 aliphatic heterocycles. The molecule has 0 fully saturated rings. The summed E-state index contributed by atoms with van der Waals surface area (Å²) in [4.78, 5) is 0. The number of hydrogen-bond acceptors (Lipinski definition) is 7. The Morgan fingerprint density at radius 1 is 1.08 bits per heavy atom. The van der Waals surface area contributed by atoms with Gasteiger partial charge in [-0.2, -0.15) is 0 Å². The molecule has 13 heavy (non-hydrogen) atoms. The SMILES string of the molecule is O=S(=O)([O-])[O-].OCC(O)CO.[Na+].[Na+]. The first-order chi connectivity index (χ1) is 4.81.